The Balaban J connectivity index is 1.20. The number of Topliss-reactive ketones (excluding diaryl/α,β-unsaturated/α-hetero) is 1. The smallest absolute Gasteiger partial charge is 0.193 e. The molecular weight excluding hydrogens is 564 g/mol. The molecule has 9 atom stereocenters. The van der Waals surface area contributed by atoms with Crippen molar-refractivity contribution >= 4 is 22.9 Å². The number of benzene rings is 1. The molecule has 43 heavy (non-hydrogen) atoms. The van der Waals surface area contributed by atoms with Gasteiger partial charge in [-0.2, -0.15) is 0 Å². The molecule has 1 aromatic carbocycles. The van der Waals surface area contributed by atoms with Gasteiger partial charge in [0.25, 0.3) is 0 Å². The largest absolute Gasteiger partial charge is 0.393 e. The summed E-state index contributed by atoms with van der Waals surface area (Å²) in [5, 5.41) is 33.7. The van der Waals surface area contributed by atoms with Gasteiger partial charge in [-0.05, 0) is 84.6 Å². The van der Waals surface area contributed by atoms with Crippen molar-refractivity contribution in [1.82, 2.24) is 0 Å². The second-order valence-corrected chi connectivity index (χ2v) is 14.7. The van der Waals surface area contributed by atoms with Crippen LogP contribution in [0.25, 0.3) is 0 Å². The van der Waals surface area contributed by atoms with E-state index in [-0.39, 0.29) is 35.9 Å². The van der Waals surface area contributed by atoms with Crippen LogP contribution in [0.2, 0.25) is 0 Å². The van der Waals surface area contributed by atoms with Gasteiger partial charge in [0.2, 0.25) is 0 Å². The van der Waals surface area contributed by atoms with Crippen LogP contribution >= 0.6 is 11.3 Å². The molecule has 3 saturated carbocycles. The highest BCUT2D eigenvalue weighted by atomic mass is 32.1. The normalized spacial score (nSPS) is 39.8. The van der Waals surface area contributed by atoms with E-state index in [9.17, 15) is 24.9 Å². The minimum atomic E-state index is -1.36. The first-order valence-corrected chi connectivity index (χ1v) is 16.3. The lowest BCUT2D eigenvalue weighted by atomic mass is 9.61. The van der Waals surface area contributed by atoms with E-state index in [0.717, 1.165) is 46.4 Å². The van der Waals surface area contributed by atoms with Crippen molar-refractivity contribution < 1.29 is 34.4 Å². The van der Waals surface area contributed by atoms with Crippen LogP contribution in [0.5, 0.6) is 0 Å². The highest BCUT2D eigenvalue weighted by Crippen LogP contribution is 2.68. The van der Waals surface area contributed by atoms with Gasteiger partial charge < -0.3 is 24.8 Å². The Hall–Kier alpha value is -2.46. The Morgan fingerprint density at radius 2 is 1.93 bits per heavy atom. The molecular formula is C35H40O7S. The van der Waals surface area contributed by atoms with E-state index in [1.807, 2.05) is 35.7 Å². The number of aliphatic hydroxyl groups is 3. The van der Waals surface area contributed by atoms with Gasteiger partial charge in [0, 0.05) is 27.7 Å². The van der Waals surface area contributed by atoms with Crippen molar-refractivity contribution in [1.29, 1.82) is 0 Å². The van der Waals surface area contributed by atoms with Gasteiger partial charge in [-0.3, -0.25) is 9.59 Å². The number of ether oxygens (including phenoxy) is 2. The van der Waals surface area contributed by atoms with Crippen LogP contribution < -0.4 is 0 Å². The van der Waals surface area contributed by atoms with Gasteiger partial charge in [0.05, 0.1) is 18.8 Å². The summed E-state index contributed by atoms with van der Waals surface area (Å²) < 4.78 is 13.4. The van der Waals surface area contributed by atoms with Crippen LogP contribution in [0, 0.1) is 28.6 Å². The second-order valence-electron chi connectivity index (χ2n) is 13.8. The van der Waals surface area contributed by atoms with Gasteiger partial charge >= 0.3 is 0 Å². The van der Waals surface area contributed by atoms with Crippen LogP contribution in [0.4, 0.5) is 0 Å². The lowest BCUT2D eigenvalue weighted by molar-refractivity contribution is -0.178. The van der Waals surface area contributed by atoms with E-state index >= 15 is 0 Å². The fourth-order valence-corrected chi connectivity index (χ4v) is 10.4. The fourth-order valence-electron chi connectivity index (χ4n) is 9.47. The van der Waals surface area contributed by atoms with Crippen molar-refractivity contribution in [3.8, 4) is 0 Å². The lowest BCUT2D eigenvalue weighted by Crippen LogP contribution is -2.58. The molecule has 8 heteroatoms. The average Bonchev–Trinajstić information content (AvgIpc) is 3.62. The van der Waals surface area contributed by atoms with E-state index in [1.165, 1.54) is 0 Å². The summed E-state index contributed by atoms with van der Waals surface area (Å²) in [5.74, 6) is -0.167. The zero-order valence-electron chi connectivity index (χ0n) is 24.7. The number of thiophene rings is 1. The molecule has 2 aromatic rings. The standard InChI is InChI=1S/C35H40O7S/c1-33-9-8-25(38)14-24(33)7-6-22-13-28(33)29(39)16-34(2)27(22)15-31-35(34,30(40)18-37)42-32(41-31)23-12-26(43-19-23)11-20-4-3-5-21(10-20)17-36/h3-5,8-10,12,14,19,22,27-29,31-32,36-37,39H,6-7,11,13,15-18H2,1-2H3/t22-,27+,28-,29+,31-,32-,33+,34+,35-/m1/s1. The second kappa shape index (κ2) is 10.6. The van der Waals surface area contributed by atoms with Crippen molar-refractivity contribution in [3.05, 3.63) is 81.1 Å². The van der Waals surface area contributed by atoms with Gasteiger partial charge in [-0.1, -0.05) is 49.8 Å². The van der Waals surface area contributed by atoms with Gasteiger partial charge in [-0.15, -0.1) is 11.3 Å². The summed E-state index contributed by atoms with van der Waals surface area (Å²) in [6, 6.07) is 9.94. The van der Waals surface area contributed by atoms with E-state index in [0.29, 0.717) is 19.3 Å². The third-order valence-electron chi connectivity index (χ3n) is 11.6. The predicted molar refractivity (Wildman–Crippen MR) is 161 cm³/mol. The van der Waals surface area contributed by atoms with Gasteiger partial charge in [-0.25, -0.2) is 0 Å². The van der Waals surface area contributed by atoms with E-state index in [2.05, 4.69) is 19.9 Å². The summed E-state index contributed by atoms with van der Waals surface area (Å²) in [6.07, 6.45) is 7.55. The number of hydrogen-bond acceptors (Lipinski definition) is 8. The zero-order chi connectivity index (χ0) is 30.1. The predicted octanol–water partition coefficient (Wildman–Crippen LogP) is 4.82. The Morgan fingerprint density at radius 3 is 2.72 bits per heavy atom. The third kappa shape index (κ3) is 4.40. The molecule has 2 heterocycles. The maximum atomic E-state index is 13.9. The first-order valence-electron chi connectivity index (χ1n) is 15.5. The van der Waals surface area contributed by atoms with Crippen LogP contribution in [0.1, 0.15) is 73.8 Å². The number of ketones is 2. The number of rotatable bonds is 6. The van der Waals surface area contributed by atoms with Gasteiger partial charge in [0.15, 0.2) is 23.5 Å². The molecule has 0 radical (unpaired) electrons. The molecule has 5 aliphatic rings. The molecule has 4 aliphatic carbocycles. The summed E-state index contributed by atoms with van der Waals surface area (Å²) in [7, 11) is 0. The molecule has 228 valence electrons. The molecule has 4 fully saturated rings. The highest BCUT2D eigenvalue weighted by Gasteiger charge is 2.74. The van der Waals surface area contributed by atoms with Crippen LogP contribution in [0.15, 0.2) is 59.5 Å². The molecule has 0 amide bonds. The summed E-state index contributed by atoms with van der Waals surface area (Å²) in [4.78, 5) is 27.2. The Bertz CT molecular complexity index is 1510. The van der Waals surface area contributed by atoms with Crippen LogP contribution in [-0.4, -0.2) is 51.3 Å². The minimum absolute atomic E-state index is 0.000811. The molecule has 2 bridgehead atoms. The zero-order valence-corrected chi connectivity index (χ0v) is 25.5. The van der Waals surface area contributed by atoms with E-state index in [4.69, 9.17) is 9.47 Å². The first-order chi connectivity index (χ1) is 20.6. The molecule has 0 spiro atoms. The first kappa shape index (κ1) is 29.3. The SMILES string of the molecule is C[C@]12C=CC(=O)C=C1CC[C@@H]1C[C@@H]2[C@@H](O)C[C@@]2(C)[C@H]1C[C@H]1O[C@@H](c3csc(Cc4cccc(CO)c4)c3)O[C@]12C(=O)CO. The molecule has 3 N–H and O–H groups in total. The number of aliphatic hydroxyl groups excluding tert-OH is 3. The molecule has 7 nitrogen and oxygen atoms in total. The monoisotopic (exact) mass is 604 g/mol. The van der Waals surface area contributed by atoms with Crippen molar-refractivity contribution in [3.63, 3.8) is 0 Å². The number of carbonyl (C=O) groups is 2. The van der Waals surface area contributed by atoms with Gasteiger partial charge in [0.1, 0.15) is 6.61 Å². The summed E-state index contributed by atoms with van der Waals surface area (Å²) in [6.45, 7) is 3.56. The highest BCUT2D eigenvalue weighted by molar-refractivity contribution is 7.10. The maximum absolute atomic E-state index is 13.9. The minimum Gasteiger partial charge on any atom is -0.393 e. The molecule has 0 unspecified atom stereocenters. The fraction of sp³-hybridized carbons (Fsp3) is 0.543. The third-order valence-corrected chi connectivity index (χ3v) is 12.6. The lowest BCUT2D eigenvalue weighted by Gasteiger charge is -2.46. The maximum Gasteiger partial charge on any atom is 0.193 e. The Labute approximate surface area is 256 Å². The quantitative estimate of drug-likeness (QED) is 0.433. The number of allylic oxidation sites excluding steroid dienone is 4. The van der Waals surface area contributed by atoms with Crippen molar-refractivity contribution in [2.45, 2.75) is 83.1 Å². The Kier molecular flexibility index (Phi) is 7.19. The molecule has 1 aromatic heterocycles. The number of fused-ring (bicyclic) bond motifs is 8. The summed E-state index contributed by atoms with van der Waals surface area (Å²) in [5.41, 5.74) is 1.41. The van der Waals surface area contributed by atoms with E-state index < -0.39 is 41.5 Å². The summed E-state index contributed by atoms with van der Waals surface area (Å²) >= 11 is 1.60. The number of carbonyl (C=O) groups excluding carboxylic acids is 2. The van der Waals surface area contributed by atoms with E-state index in [1.54, 1.807) is 23.5 Å². The van der Waals surface area contributed by atoms with Crippen molar-refractivity contribution in [2.24, 2.45) is 28.6 Å². The number of hydrogen-bond donors (Lipinski definition) is 3. The Morgan fingerprint density at radius 1 is 1.12 bits per heavy atom. The van der Waals surface area contributed by atoms with Crippen molar-refractivity contribution in [2.75, 3.05) is 6.61 Å². The average molecular weight is 605 g/mol. The van der Waals surface area contributed by atoms with Crippen LogP contribution in [0.3, 0.4) is 0 Å². The molecule has 1 aliphatic heterocycles. The molecule has 1 saturated heterocycles. The van der Waals surface area contributed by atoms with Crippen LogP contribution in [-0.2, 0) is 32.1 Å². The topological polar surface area (TPSA) is 113 Å². The molecule has 7 rings (SSSR count).